The number of halogens is 1. The van der Waals surface area contributed by atoms with Crippen LogP contribution in [-0.4, -0.2) is 21.0 Å². The molecule has 0 aliphatic heterocycles. The molecule has 2 aromatic rings. The zero-order valence-electron chi connectivity index (χ0n) is 12.8. The molecule has 0 aliphatic carbocycles. The molecule has 3 N–H and O–H groups in total. The molecule has 0 aliphatic rings. The molecule has 0 bridgehead atoms. The Morgan fingerprint density at radius 1 is 1.43 bits per heavy atom. The van der Waals surface area contributed by atoms with Gasteiger partial charge in [-0.1, -0.05) is 0 Å². The Balaban J connectivity index is 2.21. The number of aromatic nitrogens is 2. The number of fused-ring (bicyclic) bond motifs is 1. The molecule has 1 aromatic heterocycles. The molecule has 0 fully saturated rings. The lowest BCUT2D eigenvalue weighted by atomic mass is 10.1. The highest BCUT2D eigenvalue weighted by Crippen LogP contribution is 2.21. The molecule has 0 atom stereocenters. The molecule has 1 heterocycles. The second-order valence-corrected chi connectivity index (χ2v) is 6.26. The summed E-state index contributed by atoms with van der Waals surface area (Å²) in [6.45, 7) is 7.89. The number of imidazole rings is 1. The fourth-order valence-corrected chi connectivity index (χ4v) is 2.20. The molecule has 2 rings (SSSR count). The summed E-state index contributed by atoms with van der Waals surface area (Å²) in [7, 11) is 0. The van der Waals surface area contributed by atoms with E-state index in [-0.39, 0.29) is 17.3 Å². The molecule has 6 heteroatoms. The van der Waals surface area contributed by atoms with Gasteiger partial charge in [-0.25, -0.2) is 9.37 Å². The summed E-state index contributed by atoms with van der Waals surface area (Å²) in [5, 5.41) is 2.90. The number of benzene rings is 1. The van der Waals surface area contributed by atoms with Gasteiger partial charge in [0, 0.05) is 24.6 Å². The first kappa shape index (κ1) is 15.3. The van der Waals surface area contributed by atoms with Gasteiger partial charge in [0.15, 0.2) is 0 Å². The number of hydrogen-bond acceptors (Lipinski definition) is 3. The molecular formula is C15H21FN4O. The van der Waals surface area contributed by atoms with Crippen molar-refractivity contribution < 1.29 is 9.18 Å². The summed E-state index contributed by atoms with van der Waals surface area (Å²) >= 11 is 0. The quantitative estimate of drug-likeness (QED) is 0.912. The van der Waals surface area contributed by atoms with E-state index in [1.54, 1.807) is 17.6 Å². The molecule has 0 radical (unpaired) electrons. The molecule has 21 heavy (non-hydrogen) atoms. The van der Waals surface area contributed by atoms with Crippen LogP contribution in [-0.2, 0) is 11.3 Å². The molecule has 1 amide bonds. The van der Waals surface area contributed by atoms with E-state index in [1.165, 1.54) is 6.07 Å². The van der Waals surface area contributed by atoms with E-state index in [0.717, 1.165) is 5.52 Å². The predicted molar refractivity (Wildman–Crippen MR) is 81.4 cm³/mol. The van der Waals surface area contributed by atoms with Gasteiger partial charge in [-0.2, -0.15) is 0 Å². The highest BCUT2D eigenvalue weighted by Gasteiger charge is 2.15. The van der Waals surface area contributed by atoms with Gasteiger partial charge in [-0.3, -0.25) is 4.79 Å². The average molecular weight is 292 g/mol. The highest BCUT2D eigenvalue weighted by molar-refractivity contribution is 5.80. The van der Waals surface area contributed by atoms with Crippen molar-refractivity contribution >= 4 is 22.9 Å². The number of nitrogens with zero attached hydrogens (tertiary/aromatic N) is 2. The van der Waals surface area contributed by atoms with Gasteiger partial charge in [-0.15, -0.1) is 0 Å². The third kappa shape index (κ3) is 3.51. The van der Waals surface area contributed by atoms with Crippen LogP contribution in [0.2, 0.25) is 0 Å². The van der Waals surface area contributed by atoms with Gasteiger partial charge in [0.1, 0.15) is 5.82 Å². The van der Waals surface area contributed by atoms with Crippen LogP contribution < -0.4 is 11.1 Å². The van der Waals surface area contributed by atoms with Gasteiger partial charge >= 0.3 is 0 Å². The lowest BCUT2D eigenvalue weighted by Crippen LogP contribution is -2.40. The van der Waals surface area contributed by atoms with E-state index >= 15 is 0 Å². The van der Waals surface area contributed by atoms with E-state index in [0.29, 0.717) is 30.0 Å². The number of nitrogens with one attached hydrogen (secondary N) is 1. The number of carbonyl (C=O) groups is 1. The zero-order chi connectivity index (χ0) is 15.8. The van der Waals surface area contributed by atoms with Crippen molar-refractivity contribution in [1.29, 1.82) is 0 Å². The largest absolute Gasteiger partial charge is 0.369 e. The van der Waals surface area contributed by atoms with Crippen molar-refractivity contribution in [2.45, 2.75) is 46.2 Å². The Kier molecular flexibility index (Phi) is 3.89. The number of hydrogen-bond donors (Lipinski definition) is 2. The number of nitrogens with two attached hydrogens (primary N) is 1. The van der Waals surface area contributed by atoms with Crippen molar-refractivity contribution in [3.05, 3.63) is 23.5 Å². The van der Waals surface area contributed by atoms with Gasteiger partial charge in [0.05, 0.1) is 11.0 Å². The number of aryl methyl sites for hydroxylation is 2. The summed E-state index contributed by atoms with van der Waals surface area (Å²) in [5.74, 6) is -0.0706. The molecule has 5 nitrogen and oxygen atoms in total. The van der Waals surface area contributed by atoms with E-state index in [2.05, 4.69) is 10.3 Å². The minimum absolute atomic E-state index is 0.0532. The normalized spacial score (nSPS) is 11.9. The molecular weight excluding hydrogens is 271 g/mol. The summed E-state index contributed by atoms with van der Waals surface area (Å²) in [6.07, 6.45) is 0.295. The number of rotatable bonds is 3. The van der Waals surface area contributed by atoms with Crippen molar-refractivity contribution in [2.24, 2.45) is 0 Å². The van der Waals surface area contributed by atoms with Crippen molar-refractivity contribution in [1.82, 2.24) is 14.9 Å². The SMILES string of the molecule is Cc1cc2c(cc1F)nc(N)n2CCC(=O)NC(C)(C)C. The topological polar surface area (TPSA) is 72.9 Å². The van der Waals surface area contributed by atoms with Crippen LogP contribution >= 0.6 is 0 Å². The first-order valence-electron chi connectivity index (χ1n) is 6.90. The maximum Gasteiger partial charge on any atom is 0.222 e. The maximum absolute atomic E-state index is 13.5. The van der Waals surface area contributed by atoms with E-state index in [1.807, 2.05) is 20.8 Å². The minimum atomic E-state index is -0.308. The predicted octanol–water partition coefficient (Wildman–Crippen LogP) is 2.37. The Bertz CT molecular complexity index is 685. The first-order chi connectivity index (χ1) is 9.67. The maximum atomic E-state index is 13.5. The Hall–Kier alpha value is -2.11. The summed E-state index contributed by atoms with van der Waals surface area (Å²) < 4.78 is 15.3. The number of anilines is 1. The van der Waals surface area contributed by atoms with Crippen LogP contribution in [0.15, 0.2) is 12.1 Å². The lowest BCUT2D eigenvalue weighted by Gasteiger charge is -2.20. The minimum Gasteiger partial charge on any atom is -0.369 e. The Morgan fingerprint density at radius 3 is 2.71 bits per heavy atom. The van der Waals surface area contributed by atoms with Crippen LogP contribution in [0.4, 0.5) is 10.3 Å². The third-order valence-electron chi connectivity index (χ3n) is 3.14. The van der Waals surface area contributed by atoms with Crippen molar-refractivity contribution in [3.63, 3.8) is 0 Å². The monoisotopic (exact) mass is 292 g/mol. The molecule has 0 saturated carbocycles. The lowest BCUT2D eigenvalue weighted by molar-refractivity contribution is -0.122. The smallest absolute Gasteiger partial charge is 0.222 e. The summed E-state index contributed by atoms with van der Waals surface area (Å²) in [5.41, 5.74) is 7.38. The summed E-state index contributed by atoms with van der Waals surface area (Å²) in [6, 6.07) is 3.07. The number of carbonyl (C=O) groups excluding carboxylic acids is 1. The molecule has 0 unspecified atom stereocenters. The molecule has 114 valence electrons. The average Bonchev–Trinajstić information content (AvgIpc) is 2.60. The number of amides is 1. The van der Waals surface area contributed by atoms with Gasteiger partial charge in [0.25, 0.3) is 0 Å². The highest BCUT2D eigenvalue weighted by atomic mass is 19.1. The zero-order valence-corrected chi connectivity index (χ0v) is 12.8. The Morgan fingerprint density at radius 2 is 2.10 bits per heavy atom. The summed E-state index contributed by atoms with van der Waals surface area (Å²) in [4.78, 5) is 16.0. The van der Waals surface area contributed by atoms with E-state index < -0.39 is 0 Å². The third-order valence-corrected chi connectivity index (χ3v) is 3.14. The first-order valence-corrected chi connectivity index (χ1v) is 6.90. The van der Waals surface area contributed by atoms with Gasteiger partial charge in [-0.05, 0) is 39.3 Å². The van der Waals surface area contributed by atoms with Crippen LogP contribution in [0.3, 0.4) is 0 Å². The van der Waals surface area contributed by atoms with E-state index in [4.69, 9.17) is 5.73 Å². The van der Waals surface area contributed by atoms with E-state index in [9.17, 15) is 9.18 Å². The van der Waals surface area contributed by atoms with Crippen LogP contribution in [0.25, 0.3) is 11.0 Å². The fraction of sp³-hybridized carbons (Fsp3) is 0.467. The molecule has 0 saturated heterocycles. The molecule has 0 spiro atoms. The van der Waals surface area contributed by atoms with Gasteiger partial charge in [0.2, 0.25) is 11.9 Å². The second-order valence-electron chi connectivity index (χ2n) is 6.26. The van der Waals surface area contributed by atoms with Crippen LogP contribution in [0.5, 0.6) is 0 Å². The number of nitrogen functional groups attached to an aromatic ring is 1. The van der Waals surface area contributed by atoms with Crippen molar-refractivity contribution in [2.75, 3.05) is 5.73 Å². The van der Waals surface area contributed by atoms with Crippen LogP contribution in [0, 0.1) is 12.7 Å². The van der Waals surface area contributed by atoms with Crippen LogP contribution in [0.1, 0.15) is 32.8 Å². The molecule has 1 aromatic carbocycles. The van der Waals surface area contributed by atoms with Gasteiger partial charge < -0.3 is 15.6 Å². The second kappa shape index (κ2) is 5.35. The van der Waals surface area contributed by atoms with Crippen molar-refractivity contribution in [3.8, 4) is 0 Å². The fourth-order valence-electron chi connectivity index (χ4n) is 2.20. The standard InChI is InChI=1S/C15H21FN4O/c1-9-7-12-11(8-10(9)16)18-14(17)20(12)6-5-13(21)19-15(2,3)4/h7-8H,5-6H2,1-4H3,(H2,17,18)(H,19,21). The Labute approximate surface area is 123 Å².